The van der Waals surface area contributed by atoms with E-state index < -0.39 is 0 Å². The van der Waals surface area contributed by atoms with Gasteiger partial charge in [0.2, 0.25) is 0 Å². The van der Waals surface area contributed by atoms with E-state index in [9.17, 15) is 0 Å². The Labute approximate surface area is 183 Å². The molecule has 0 radical (unpaired) electrons. The predicted octanol–water partition coefficient (Wildman–Crippen LogP) is 9.22. The first-order valence-electron chi connectivity index (χ1n) is 11.3. The van der Waals surface area contributed by atoms with Crippen molar-refractivity contribution >= 4 is 11.4 Å². The summed E-state index contributed by atoms with van der Waals surface area (Å²) in [6.45, 7) is 19.8. The average Bonchev–Trinajstić information content (AvgIpc) is 2.69. The zero-order valence-electron chi connectivity index (χ0n) is 20.3. The Bertz CT molecular complexity index is 836. The van der Waals surface area contributed by atoms with Crippen molar-refractivity contribution in [3.8, 4) is 0 Å². The third kappa shape index (κ3) is 5.38. The molecule has 0 atom stereocenters. The molecule has 2 aromatic rings. The molecule has 2 rings (SSSR count). The van der Waals surface area contributed by atoms with Crippen LogP contribution in [0.15, 0.2) is 59.0 Å². The second kappa shape index (κ2) is 10.6. The highest BCUT2D eigenvalue weighted by Gasteiger charge is 2.19. The van der Waals surface area contributed by atoms with Crippen LogP contribution in [0.1, 0.15) is 108 Å². The molecule has 30 heavy (non-hydrogen) atoms. The van der Waals surface area contributed by atoms with Crippen molar-refractivity contribution in [2.75, 3.05) is 5.01 Å². The van der Waals surface area contributed by atoms with Crippen LogP contribution in [0.3, 0.4) is 0 Å². The van der Waals surface area contributed by atoms with E-state index in [0.29, 0.717) is 23.7 Å². The molecule has 0 aliphatic carbocycles. The van der Waals surface area contributed by atoms with Gasteiger partial charge in [0.05, 0.1) is 11.4 Å². The number of hydrogen-bond acceptors (Lipinski definition) is 2. The van der Waals surface area contributed by atoms with Gasteiger partial charge in [0.25, 0.3) is 0 Å². The molecule has 3 nitrogen and oxygen atoms in total. The molecule has 162 valence electrons. The first kappa shape index (κ1) is 23.9. The summed E-state index contributed by atoms with van der Waals surface area (Å²) in [5.41, 5.74) is 7.22. The Morgan fingerprint density at radius 2 is 1.07 bits per heavy atom. The van der Waals surface area contributed by atoms with Crippen molar-refractivity contribution in [3.05, 3.63) is 70.9 Å². The summed E-state index contributed by atoms with van der Waals surface area (Å²) in [5, 5.41) is 11.6. The van der Waals surface area contributed by atoms with Crippen LogP contribution in [0.4, 0.5) is 11.4 Å². The van der Waals surface area contributed by atoms with Crippen molar-refractivity contribution in [3.63, 3.8) is 0 Å². The second-order valence-electron chi connectivity index (χ2n) is 9.21. The molecule has 0 aliphatic rings. The van der Waals surface area contributed by atoms with Gasteiger partial charge in [-0.25, -0.2) is 5.01 Å². The number of nitrogens with zero attached hydrogens (tertiary/aromatic N) is 3. The van der Waals surface area contributed by atoms with E-state index in [4.69, 9.17) is 10.3 Å². The van der Waals surface area contributed by atoms with Crippen molar-refractivity contribution in [1.29, 1.82) is 0 Å². The first-order valence-corrected chi connectivity index (χ1v) is 11.3. The number of allylic oxidation sites excluding steroid dienone is 1. The lowest BCUT2D eigenvalue weighted by Crippen LogP contribution is -2.13. The molecular formula is C27H39N3. The summed E-state index contributed by atoms with van der Waals surface area (Å²) in [6, 6.07) is 13.1. The molecule has 0 amide bonds. The average molecular weight is 406 g/mol. The third-order valence-corrected chi connectivity index (χ3v) is 5.45. The van der Waals surface area contributed by atoms with Gasteiger partial charge in [-0.2, -0.15) is 0 Å². The highest BCUT2D eigenvalue weighted by molar-refractivity contribution is 5.63. The van der Waals surface area contributed by atoms with Crippen molar-refractivity contribution in [2.24, 2.45) is 10.3 Å². The quantitative estimate of drug-likeness (QED) is 0.318. The molecule has 0 fully saturated rings. The summed E-state index contributed by atoms with van der Waals surface area (Å²) >= 11 is 0. The lowest BCUT2D eigenvalue weighted by atomic mass is 9.92. The Morgan fingerprint density at radius 3 is 1.43 bits per heavy atom. The van der Waals surface area contributed by atoms with Crippen molar-refractivity contribution < 1.29 is 0 Å². The van der Waals surface area contributed by atoms with Crippen molar-refractivity contribution in [2.45, 2.75) is 86.0 Å². The van der Waals surface area contributed by atoms with Gasteiger partial charge < -0.3 is 0 Å². The minimum atomic E-state index is 0.391. The number of benzene rings is 2. The van der Waals surface area contributed by atoms with E-state index in [-0.39, 0.29) is 0 Å². The first-order chi connectivity index (χ1) is 14.2. The molecule has 2 aromatic carbocycles. The second-order valence-corrected chi connectivity index (χ2v) is 9.21. The van der Waals surface area contributed by atoms with E-state index in [1.54, 1.807) is 0 Å². The van der Waals surface area contributed by atoms with Crippen LogP contribution >= 0.6 is 0 Å². The molecule has 0 saturated carbocycles. The van der Waals surface area contributed by atoms with Crippen molar-refractivity contribution in [1.82, 2.24) is 0 Å². The lowest BCUT2D eigenvalue weighted by molar-refractivity contribution is 0.802. The van der Waals surface area contributed by atoms with Gasteiger partial charge in [-0.1, -0.05) is 103 Å². The Balaban J connectivity index is 2.68. The molecule has 0 saturated heterocycles. The van der Waals surface area contributed by atoms with Gasteiger partial charge in [-0.15, -0.1) is 5.11 Å². The smallest absolute Gasteiger partial charge is 0.0943 e. The summed E-state index contributed by atoms with van der Waals surface area (Å²) in [6.07, 6.45) is 4.04. The fraction of sp³-hybridized carbons (Fsp3) is 0.481. The maximum atomic E-state index is 4.84. The number of rotatable bonds is 8. The summed E-state index contributed by atoms with van der Waals surface area (Å²) in [5.74, 6) is 1.58. The topological polar surface area (TPSA) is 28.0 Å². The molecule has 0 heterocycles. The van der Waals surface area contributed by atoms with Gasteiger partial charge in [0.15, 0.2) is 0 Å². The number of hydrogen-bond donors (Lipinski definition) is 0. The van der Waals surface area contributed by atoms with Gasteiger partial charge >= 0.3 is 0 Å². The fourth-order valence-corrected chi connectivity index (χ4v) is 3.79. The standard InChI is InChI=1S/C27H39N3/c1-10-17-30(27-24(20(6)7)15-12-16-25(27)21(8)9)29-28-26-22(18(2)3)13-11-14-23(26)19(4)5/h10-21H,1-9H3/b17-10-,29-28+. The zero-order chi connectivity index (χ0) is 22.4. The van der Waals surface area contributed by atoms with Gasteiger partial charge in [0, 0.05) is 6.20 Å². The lowest BCUT2D eigenvalue weighted by Gasteiger charge is -2.25. The number of anilines is 1. The van der Waals surface area contributed by atoms with E-state index in [0.717, 1.165) is 11.4 Å². The van der Waals surface area contributed by atoms with Crippen LogP contribution < -0.4 is 5.01 Å². The van der Waals surface area contributed by atoms with Gasteiger partial charge in [0.1, 0.15) is 0 Å². The molecule has 0 aliphatic heterocycles. The molecule has 0 bridgehead atoms. The molecule has 0 aromatic heterocycles. The summed E-state index contributed by atoms with van der Waals surface area (Å²) in [7, 11) is 0. The maximum absolute atomic E-state index is 4.84. The van der Waals surface area contributed by atoms with Crippen LogP contribution in [-0.2, 0) is 0 Å². The SMILES string of the molecule is C/C=C\N(/N=N/c1c(C(C)C)cccc1C(C)C)c1c(C(C)C)cccc1C(C)C. The van der Waals surface area contributed by atoms with E-state index in [1.807, 2.05) is 24.2 Å². The highest BCUT2D eigenvalue weighted by Crippen LogP contribution is 2.38. The molecular weight excluding hydrogens is 366 g/mol. The number of para-hydroxylation sites is 1. The molecule has 0 N–H and O–H groups in total. The summed E-state index contributed by atoms with van der Waals surface area (Å²) in [4.78, 5) is 0. The van der Waals surface area contributed by atoms with Crippen LogP contribution in [0, 0.1) is 0 Å². The Kier molecular flexibility index (Phi) is 8.40. The normalized spacial score (nSPS) is 12.4. The Morgan fingerprint density at radius 1 is 0.667 bits per heavy atom. The zero-order valence-corrected chi connectivity index (χ0v) is 20.3. The van der Waals surface area contributed by atoms with Crippen LogP contribution in [0.2, 0.25) is 0 Å². The third-order valence-electron chi connectivity index (χ3n) is 5.45. The van der Waals surface area contributed by atoms with Gasteiger partial charge in [-0.05, 0) is 52.8 Å². The Hall–Kier alpha value is -2.42. The minimum absolute atomic E-state index is 0.391. The fourth-order valence-electron chi connectivity index (χ4n) is 3.79. The highest BCUT2D eigenvalue weighted by atomic mass is 15.5. The van der Waals surface area contributed by atoms with Crippen LogP contribution in [-0.4, -0.2) is 0 Å². The van der Waals surface area contributed by atoms with E-state index in [2.05, 4.69) is 91.8 Å². The summed E-state index contributed by atoms with van der Waals surface area (Å²) < 4.78 is 0. The van der Waals surface area contributed by atoms with E-state index in [1.165, 1.54) is 22.3 Å². The molecule has 0 spiro atoms. The minimum Gasteiger partial charge on any atom is -0.222 e. The molecule has 0 unspecified atom stereocenters. The molecule has 3 heteroatoms. The predicted molar refractivity (Wildman–Crippen MR) is 131 cm³/mol. The largest absolute Gasteiger partial charge is 0.222 e. The van der Waals surface area contributed by atoms with Gasteiger partial charge in [-0.3, -0.25) is 0 Å². The monoisotopic (exact) mass is 405 g/mol. The van der Waals surface area contributed by atoms with Crippen LogP contribution in [0.5, 0.6) is 0 Å². The van der Waals surface area contributed by atoms with Crippen LogP contribution in [0.25, 0.3) is 0 Å². The maximum Gasteiger partial charge on any atom is 0.0943 e. The van der Waals surface area contributed by atoms with E-state index >= 15 is 0 Å².